The zero-order chi connectivity index (χ0) is 13.7. The minimum absolute atomic E-state index is 0.304. The summed E-state index contributed by atoms with van der Waals surface area (Å²) in [4.78, 5) is 1.32. The highest BCUT2D eigenvalue weighted by atomic mass is 32.1. The first-order valence-corrected chi connectivity index (χ1v) is 7.17. The topological polar surface area (TPSA) is 61.8 Å². The average Bonchev–Trinajstić information content (AvgIpc) is 2.93. The molecular weight excluding hydrogens is 254 g/mol. The number of hydrogen-bond acceptors (Lipinski definition) is 4. The normalized spacial score (nSPS) is 11.8. The van der Waals surface area contributed by atoms with Gasteiger partial charge in [-0.15, -0.1) is 11.3 Å². The van der Waals surface area contributed by atoms with Crippen LogP contribution in [-0.2, 0) is 6.42 Å². The summed E-state index contributed by atoms with van der Waals surface area (Å²) in [6, 6.07) is 12.4. The van der Waals surface area contributed by atoms with Crippen molar-refractivity contribution >= 4 is 22.7 Å². The van der Waals surface area contributed by atoms with Crippen LogP contribution in [0.4, 0.5) is 11.4 Å². The maximum atomic E-state index is 8.79. The largest absolute Gasteiger partial charge is 0.398 e. The van der Waals surface area contributed by atoms with Gasteiger partial charge < -0.3 is 11.1 Å². The number of nitrogens with one attached hydrogen (secondary N) is 1. The summed E-state index contributed by atoms with van der Waals surface area (Å²) in [6.45, 7) is 2.16. The van der Waals surface area contributed by atoms with Gasteiger partial charge in [0.2, 0.25) is 0 Å². The number of rotatable bonds is 5. The maximum Gasteiger partial charge on any atom is 0.0670 e. The molecule has 0 radical (unpaired) electrons. The van der Waals surface area contributed by atoms with Gasteiger partial charge in [-0.25, -0.2) is 0 Å². The summed E-state index contributed by atoms with van der Waals surface area (Å²) in [5.41, 5.74) is 8.43. The Bertz CT molecular complexity index is 570. The predicted octanol–water partition coefficient (Wildman–Crippen LogP) is 3.96. The van der Waals surface area contributed by atoms with Crippen molar-refractivity contribution in [2.75, 3.05) is 11.1 Å². The van der Waals surface area contributed by atoms with Gasteiger partial charge in [-0.05, 0) is 41.6 Å². The molecule has 1 aromatic carbocycles. The zero-order valence-corrected chi connectivity index (χ0v) is 11.7. The number of thiophene rings is 1. The van der Waals surface area contributed by atoms with Gasteiger partial charge in [0.15, 0.2) is 0 Å². The average molecular weight is 271 g/mol. The van der Waals surface area contributed by atoms with Crippen LogP contribution in [-0.4, -0.2) is 0 Å². The van der Waals surface area contributed by atoms with Gasteiger partial charge in [-0.3, -0.25) is 0 Å². The minimum atomic E-state index is 0.304. The van der Waals surface area contributed by atoms with Gasteiger partial charge in [0, 0.05) is 16.3 Å². The third-order valence-electron chi connectivity index (χ3n) is 3.05. The lowest BCUT2D eigenvalue weighted by Gasteiger charge is -2.17. The summed E-state index contributed by atoms with van der Waals surface area (Å²) < 4.78 is 0. The van der Waals surface area contributed by atoms with Crippen LogP contribution in [0.3, 0.4) is 0 Å². The molecule has 0 saturated heterocycles. The van der Waals surface area contributed by atoms with Gasteiger partial charge in [0.05, 0.1) is 18.5 Å². The van der Waals surface area contributed by atoms with Crippen LogP contribution in [0.15, 0.2) is 35.7 Å². The maximum absolute atomic E-state index is 8.79. The number of nitriles is 1. The number of nitrogens with zero attached hydrogens (tertiary/aromatic N) is 1. The van der Waals surface area contributed by atoms with Gasteiger partial charge in [0.25, 0.3) is 0 Å². The third kappa shape index (κ3) is 3.27. The lowest BCUT2D eigenvalue weighted by molar-refractivity contribution is 0.764. The molecule has 3 N–H and O–H groups in total. The Hall–Kier alpha value is -1.99. The second-order valence-corrected chi connectivity index (χ2v) is 5.35. The lowest BCUT2D eigenvalue weighted by atomic mass is 10.1. The van der Waals surface area contributed by atoms with Crippen molar-refractivity contribution in [2.45, 2.75) is 25.8 Å². The Morgan fingerprint density at radius 1 is 1.42 bits per heavy atom. The molecule has 0 aliphatic carbocycles. The first-order valence-electron chi connectivity index (χ1n) is 6.30. The van der Waals surface area contributed by atoms with E-state index in [-0.39, 0.29) is 0 Å². The Morgan fingerprint density at radius 3 is 2.89 bits per heavy atom. The Morgan fingerprint density at radius 2 is 2.26 bits per heavy atom. The predicted molar refractivity (Wildman–Crippen MR) is 81.1 cm³/mol. The summed E-state index contributed by atoms with van der Waals surface area (Å²) in [5.74, 6) is 0. The van der Waals surface area contributed by atoms with Crippen molar-refractivity contribution in [3.05, 3.63) is 46.2 Å². The van der Waals surface area contributed by atoms with Crippen molar-refractivity contribution in [3.8, 4) is 6.07 Å². The molecule has 0 fully saturated rings. The molecule has 1 atom stereocenters. The van der Waals surface area contributed by atoms with E-state index in [4.69, 9.17) is 11.0 Å². The molecule has 0 saturated carbocycles. The molecule has 2 aromatic rings. The summed E-state index contributed by atoms with van der Waals surface area (Å²) in [5, 5.41) is 14.4. The van der Waals surface area contributed by atoms with Crippen molar-refractivity contribution in [1.29, 1.82) is 5.26 Å². The fraction of sp³-hybridized carbons (Fsp3) is 0.267. The highest BCUT2D eigenvalue weighted by Gasteiger charge is 2.10. The van der Waals surface area contributed by atoms with Gasteiger partial charge in [-0.1, -0.05) is 13.0 Å². The molecule has 1 heterocycles. The summed E-state index contributed by atoms with van der Waals surface area (Å²) >= 11 is 1.75. The van der Waals surface area contributed by atoms with E-state index < -0.39 is 0 Å². The molecule has 1 aromatic heterocycles. The number of hydrogen-bond donors (Lipinski definition) is 2. The van der Waals surface area contributed by atoms with Crippen LogP contribution in [0.5, 0.6) is 0 Å². The van der Waals surface area contributed by atoms with Crippen LogP contribution in [0.25, 0.3) is 0 Å². The number of nitrogen functional groups attached to an aromatic ring is 1. The van der Waals surface area contributed by atoms with E-state index in [0.29, 0.717) is 18.2 Å². The fourth-order valence-corrected chi connectivity index (χ4v) is 2.86. The van der Waals surface area contributed by atoms with Gasteiger partial charge in [0.1, 0.15) is 0 Å². The molecule has 0 spiro atoms. The van der Waals surface area contributed by atoms with Gasteiger partial charge >= 0.3 is 0 Å². The van der Waals surface area contributed by atoms with Crippen molar-refractivity contribution in [1.82, 2.24) is 0 Å². The molecule has 0 aliphatic rings. The summed E-state index contributed by atoms with van der Waals surface area (Å²) in [7, 11) is 0. The minimum Gasteiger partial charge on any atom is -0.398 e. The van der Waals surface area contributed by atoms with Crippen molar-refractivity contribution in [2.24, 2.45) is 0 Å². The highest BCUT2D eigenvalue weighted by Crippen LogP contribution is 2.27. The molecule has 1 unspecified atom stereocenters. The molecule has 4 heteroatoms. The van der Waals surface area contributed by atoms with E-state index in [2.05, 4.69) is 35.8 Å². The molecule has 0 aliphatic heterocycles. The van der Waals surface area contributed by atoms with Crippen LogP contribution >= 0.6 is 11.3 Å². The zero-order valence-electron chi connectivity index (χ0n) is 10.9. The van der Waals surface area contributed by atoms with E-state index in [1.807, 2.05) is 18.2 Å². The molecule has 19 heavy (non-hydrogen) atoms. The first kappa shape index (κ1) is 13.4. The number of benzene rings is 1. The molecule has 3 nitrogen and oxygen atoms in total. The Labute approximate surface area is 117 Å². The van der Waals surface area contributed by atoms with Crippen LogP contribution in [0, 0.1) is 11.3 Å². The summed E-state index contributed by atoms with van der Waals surface area (Å²) in [6.07, 6.45) is 1.36. The van der Waals surface area contributed by atoms with Crippen LogP contribution < -0.4 is 11.1 Å². The van der Waals surface area contributed by atoms with E-state index in [0.717, 1.165) is 17.7 Å². The first-order chi connectivity index (χ1) is 9.24. The molecule has 98 valence electrons. The Kier molecular flexibility index (Phi) is 4.43. The number of nitrogens with two attached hydrogens (primary N) is 1. The quantitative estimate of drug-likeness (QED) is 0.809. The molecule has 2 rings (SSSR count). The van der Waals surface area contributed by atoms with E-state index in [9.17, 15) is 0 Å². The van der Waals surface area contributed by atoms with E-state index >= 15 is 0 Å². The smallest absolute Gasteiger partial charge is 0.0670 e. The van der Waals surface area contributed by atoms with E-state index in [1.165, 1.54) is 4.88 Å². The van der Waals surface area contributed by atoms with E-state index in [1.54, 1.807) is 11.3 Å². The van der Waals surface area contributed by atoms with Gasteiger partial charge in [-0.2, -0.15) is 5.26 Å². The Balaban J connectivity index is 2.18. The number of anilines is 2. The molecule has 0 bridgehead atoms. The second kappa shape index (κ2) is 6.26. The highest BCUT2D eigenvalue weighted by molar-refractivity contribution is 7.10. The SMILES string of the molecule is CCC(Nc1ccc(N)c(CC#N)c1)c1cccs1. The fourth-order valence-electron chi connectivity index (χ4n) is 2.00. The second-order valence-electron chi connectivity index (χ2n) is 4.37. The molecular formula is C15H17N3S. The van der Waals surface area contributed by atoms with Crippen molar-refractivity contribution in [3.63, 3.8) is 0 Å². The standard InChI is InChI=1S/C15H17N3S/c1-2-14(15-4-3-9-19-15)18-12-5-6-13(17)11(10-12)7-8-16/h3-6,9-10,14,18H,2,7,17H2,1H3. The molecule has 0 amide bonds. The third-order valence-corrected chi connectivity index (χ3v) is 4.03. The monoisotopic (exact) mass is 271 g/mol. The lowest BCUT2D eigenvalue weighted by Crippen LogP contribution is -2.08. The van der Waals surface area contributed by atoms with Crippen molar-refractivity contribution < 1.29 is 0 Å². The van der Waals surface area contributed by atoms with Crippen LogP contribution in [0.2, 0.25) is 0 Å². The van der Waals surface area contributed by atoms with Crippen LogP contribution in [0.1, 0.15) is 29.8 Å².